The SMILES string of the molecule is CCNCc1ccc(Br)cc1N(C)CC(C)O. The van der Waals surface area contributed by atoms with E-state index in [2.05, 4.69) is 45.2 Å². The molecule has 2 N–H and O–H groups in total. The molecule has 4 heteroatoms. The molecule has 17 heavy (non-hydrogen) atoms. The third-order valence-corrected chi connectivity index (χ3v) is 3.06. The summed E-state index contributed by atoms with van der Waals surface area (Å²) >= 11 is 3.49. The number of rotatable bonds is 6. The maximum atomic E-state index is 9.45. The first-order valence-electron chi connectivity index (χ1n) is 5.93. The Morgan fingerprint density at radius 1 is 1.47 bits per heavy atom. The second-order valence-corrected chi connectivity index (χ2v) is 5.20. The molecule has 1 atom stereocenters. The van der Waals surface area contributed by atoms with E-state index in [-0.39, 0.29) is 6.10 Å². The quantitative estimate of drug-likeness (QED) is 0.847. The molecule has 0 amide bonds. The third-order valence-electron chi connectivity index (χ3n) is 2.56. The Balaban J connectivity index is 2.89. The van der Waals surface area contributed by atoms with Crippen molar-refractivity contribution in [1.29, 1.82) is 0 Å². The minimum atomic E-state index is -0.328. The van der Waals surface area contributed by atoms with Crippen LogP contribution in [0.15, 0.2) is 22.7 Å². The number of halogens is 1. The molecule has 0 fully saturated rings. The maximum Gasteiger partial charge on any atom is 0.0686 e. The second kappa shape index (κ2) is 6.99. The van der Waals surface area contributed by atoms with Gasteiger partial charge in [-0.1, -0.05) is 28.9 Å². The summed E-state index contributed by atoms with van der Waals surface area (Å²) in [5.41, 5.74) is 2.40. The van der Waals surface area contributed by atoms with Gasteiger partial charge in [0, 0.05) is 30.3 Å². The predicted molar refractivity (Wildman–Crippen MR) is 76.5 cm³/mol. The van der Waals surface area contributed by atoms with Crippen LogP contribution >= 0.6 is 15.9 Å². The van der Waals surface area contributed by atoms with Gasteiger partial charge in [-0.3, -0.25) is 0 Å². The van der Waals surface area contributed by atoms with Gasteiger partial charge in [-0.25, -0.2) is 0 Å². The fraction of sp³-hybridized carbons (Fsp3) is 0.538. The fourth-order valence-corrected chi connectivity index (χ4v) is 2.15. The van der Waals surface area contributed by atoms with Crippen molar-refractivity contribution in [2.45, 2.75) is 26.5 Å². The summed E-state index contributed by atoms with van der Waals surface area (Å²) in [7, 11) is 2.00. The van der Waals surface area contributed by atoms with Crippen LogP contribution in [0.2, 0.25) is 0 Å². The smallest absolute Gasteiger partial charge is 0.0686 e. The number of aliphatic hydroxyl groups is 1. The maximum absolute atomic E-state index is 9.45. The predicted octanol–water partition coefficient (Wildman–Crippen LogP) is 2.38. The summed E-state index contributed by atoms with van der Waals surface area (Å²) in [6.45, 7) is 6.34. The van der Waals surface area contributed by atoms with Crippen molar-refractivity contribution in [3.05, 3.63) is 28.2 Å². The molecule has 0 heterocycles. The van der Waals surface area contributed by atoms with Gasteiger partial charge in [0.05, 0.1) is 6.10 Å². The van der Waals surface area contributed by atoms with E-state index in [0.29, 0.717) is 6.54 Å². The lowest BCUT2D eigenvalue weighted by Crippen LogP contribution is -2.28. The normalized spacial score (nSPS) is 12.5. The molecular formula is C13H21BrN2O. The first kappa shape index (κ1) is 14.5. The van der Waals surface area contributed by atoms with E-state index in [0.717, 1.165) is 23.2 Å². The zero-order valence-electron chi connectivity index (χ0n) is 10.7. The van der Waals surface area contributed by atoms with Crippen LogP contribution in [0.4, 0.5) is 5.69 Å². The lowest BCUT2D eigenvalue weighted by molar-refractivity contribution is 0.201. The molecule has 1 rings (SSSR count). The van der Waals surface area contributed by atoms with Crippen molar-refractivity contribution in [3.8, 4) is 0 Å². The van der Waals surface area contributed by atoms with Crippen molar-refractivity contribution in [1.82, 2.24) is 5.32 Å². The first-order chi connectivity index (χ1) is 8.04. The molecule has 1 aromatic carbocycles. The van der Waals surface area contributed by atoms with E-state index in [4.69, 9.17) is 0 Å². The molecule has 0 bridgehead atoms. The minimum Gasteiger partial charge on any atom is -0.392 e. The van der Waals surface area contributed by atoms with Crippen molar-refractivity contribution in [3.63, 3.8) is 0 Å². The van der Waals surface area contributed by atoms with Crippen molar-refractivity contribution < 1.29 is 5.11 Å². The summed E-state index contributed by atoms with van der Waals surface area (Å²) in [5.74, 6) is 0. The zero-order valence-corrected chi connectivity index (χ0v) is 12.3. The lowest BCUT2D eigenvalue weighted by atomic mass is 10.1. The Morgan fingerprint density at radius 3 is 2.76 bits per heavy atom. The van der Waals surface area contributed by atoms with Crippen LogP contribution in [-0.2, 0) is 6.54 Å². The number of nitrogens with zero attached hydrogens (tertiary/aromatic N) is 1. The highest BCUT2D eigenvalue weighted by Crippen LogP contribution is 2.24. The molecule has 0 aliphatic rings. The molecule has 0 aliphatic heterocycles. The van der Waals surface area contributed by atoms with E-state index < -0.39 is 0 Å². The molecule has 0 aromatic heterocycles. The molecule has 0 radical (unpaired) electrons. The van der Waals surface area contributed by atoms with Crippen LogP contribution in [0.1, 0.15) is 19.4 Å². The van der Waals surface area contributed by atoms with Gasteiger partial charge in [-0.05, 0) is 31.2 Å². The Bertz CT molecular complexity index is 355. The summed E-state index contributed by atoms with van der Waals surface area (Å²) in [5, 5.41) is 12.8. The standard InChI is InChI=1S/C13H21BrN2O/c1-4-15-8-11-5-6-12(14)7-13(11)16(3)9-10(2)17/h5-7,10,15,17H,4,8-9H2,1-3H3. The Morgan fingerprint density at radius 2 is 2.18 bits per heavy atom. The van der Waals surface area contributed by atoms with Gasteiger partial charge in [-0.15, -0.1) is 0 Å². The van der Waals surface area contributed by atoms with Gasteiger partial charge < -0.3 is 15.3 Å². The highest BCUT2D eigenvalue weighted by atomic mass is 79.9. The molecule has 0 aliphatic carbocycles. The molecule has 96 valence electrons. The molecule has 3 nitrogen and oxygen atoms in total. The van der Waals surface area contributed by atoms with E-state index in [1.54, 1.807) is 6.92 Å². The highest BCUT2D eigenvalue weighted by molar-refractivity contribution is 9.10. The topological polar surface area (TPSA) is 35.5 Å². The number of hydrogen-bond acceptors (Lipinski definition) is 3. The lowest BCUT2D eigenvalue weighted by Gasteiger charge is -2.24. The van der Waals surface area contributed by atoms with Gasteiger partial charge in [0.2, 0.25) is 0 Å². The summed E-state index contributed by atoms with van der Waals surface area (Å²) in [6, 6.07) is 6.25. The minimum absolute atomic E-state index is 0.328. The van der Waals surface area contributed by atoms with E-state index in [1.165, 1.54) is 5.56 Å². The fourth-order valence-electron chi connectivity index (χ4n) is 1.80. The molecule has 0 saturated heterocycles. The molecule has 0 spiro atoms. The Labute approximate surface area is 112 Å². The first-order valence-corrected chi connectivity index (χ1v) is 6.72. The summed E-state index contributed by atoms with van der Waals surface area (Å²) in [6.07, 6.45) is -0.328. The summed E-state index contributed by atoms with van der Waals surface area (Å²) < 4.78 is 1.06. The average molecular weight is 301 g/mol. The number of nitrogens with one attached hydrogen (secondary N) is 1. The molecular weight excluding hydrogens is 280 g/mol. The van der Waals surface area contributed by atoms with Gasteiger partial charge >= 0.3 is 0 Å². The third kappa shape index (κ3) is 4.66. The Hall–Kier alpha value is -0.580. The van der Waals surface area contributed by atoms with Crippen LogP contribution < -0.4 is 10.2 Å². The largest absolute Gasteiger partial charge is 0.392 e. The van der Waals surface area contributed by atoms with E-state index >= 15 is 0 Å². The molecule has 1 unspecified atom stereocenters. The van der Waals surface area contributed by atoms with Crippen LogP contribution in [0, 0.1) is 0 Å². The summed E-state index contributed by atoms with van der Waals surface area (Å²) in [4.78, 5) is 2.09. The van der Waals surface area contributed by atoms with E-state index in [1.807, 2.05) is 13.1 Å². The van der Waals surface area contributed by atoms with E-state index in [9.17, 15) is 5.11 Å². The monoisotopic (exact) mass is 300 g/mol. The van der Waals surface area contributed by atoms with Gasteiger partial charge in [0.1, 0.15) is 0 Å². The van der Waals surface area contributed by atoms with Crippen molar-refractivity contribution in [2.24, 2.45) is 0 Å². The van der Waals surface area contributed by atoms with Crippen molar-refractivity contribution in [2.75, 3.05) is 25.0 Å². The van der Waals surface area contributed by atoms with Crippen LogP contribution in [-0.4, -0.2) is 31.3 Å². The number of likely N-dealkylation sites (N-methyl/N-ethyl adjacent to an activating group) is 1. The van der Waals surface area contributed by atoms with Gasteiger partial charge in [0.25, 0.3) is 0 Å². The van der Waals surface area contributed by atoms with Crippen LogP contribution in [0.25, 0.3) is 0 Å². The molecule has 1 aromatic rings. The highest BCUT2D eigenvalue weighted by Gasteiger charge is 2.09. The van der Waals surface area contributed by atoms with Crippen LogP contribution in [0.3, 0.4) is 0 Å². The Kier molecular flexibility index (Phi) is 5.95. The zero-order chi connectivity index (χ0) is 12.8. The number of benzene rings is 1. The van der Waals surface area contributed by atoms with Crippen molar-refractivity contribution >= 4 is 21.6 Å². The van der Waals surface area contributed by atoms with Gasteiger partial charge in [0.15, 0.2) is 0 Å². The number of anilines is 1. The number of aliphatic hydroxyl groups excluding tert-OH is 1. The molecule has 0 saturated carbocycles. The average Bonchev–Trinajstić information content (AvgIpc) is 2.26. The van der Waals surface area contributed by atoms with Crippen LogP contribution in [0.5, 0.6) is 0 Å². The van der Waals surface area contributed by atoms with Gasteiger partial charge in [-0.2, -0.15) is 0 Å². The second-order valence-electron chi connectivity index (χ2n) is 4.28. The number of hydrogen-bond donors (Lipinski definition) is 2.